The van der Waals surface area contributed by atoms with Gasteiger partial charge in [-0.3, -0.25) is 0 Å². The predicted octanol–water partition coefficient (Wildman–Crippen LogP) is 2.08. The molecule has 1 saturated heterocycles. The molecule has 0 radical (unpaired) electrons. The van der Waals surface area contributed by atoms with Gasteiger partial charge in [-0.1, -0.05) is 11.6 Å². The topological polar surface area (TPSA) is 51.0 Å². The third-order valence-electron chi connectivity index (χ3n) is 4.66. The van der Waals surface area contributed by atoms with Crippen LogP contribution in [0.15, 0.2) is 4.52 Å². The first-order chi connectivity index (χ1) is 8.40. The number of nitrogens with one attached hydrogen (secondary N) is 1. The number of hydrogen-bond donors (Lipinski definition) is 1. The monoisotopic (exact) mass is 233 g/mol. The van der Waals surface area contributed by atoms with Gasteiger partial charge in [-0.05, 0) is 50.0 Å². The van der Waals surface area contributed by atoms with Gasteiger partial charge in [0.15, 0.2) is 5.82 Å². The molecular formula is C13H19N3O. The molecule has 0 amide bonds. The van der Waals surface area contributed by atoms with Crippen LogP contribution in [-0.2, 0) is 6.42 Å². The molecule has 92 valence electrons. The number of nitrogens with zero attached hydrogens (tertiary/aromatic N) is 2. The number of fused-ring (bicyclic) bond motifs is 1. The fraction of sp³-hybridized carbons (Fsp3) is 0.846. The van der Waals surface area contributed by atoms with Gasteiger partial charge >= 0.3 is 0 Å². The third-order valence-corrected chi connectivity index (χ3v) is 4.66. The second kappa shape index (κ2) is 3.80. The first kappa shape index (κ1) is 10.1. The lowest BCUT2D eigenvalue weighted by Gasteiger charge is -2.13. The Hall–Kier alpha value is -0.900. The molecule has 1 N–H and O–H groups in total. The number of rotatable bonds is 3. The summed E-state index contributed by atoms with van der Waals surface area (Å²) in [6, 6.07) is 0.336. The van der Waals surface area contributed by atoms with E-state index < -0.39 is 0 Å². The summed E-state index contributed by atoms with van der Waals surface area (Å²) in [7, 11) is 0. The number of hydrogen-bond acceptors (Lipinski definition) is 4. The van der Waals surface area contributed by atoms with E-state index >= 15 is 0 Å². The van der Waals surface area contributed by atoms with Crippen LogP contribution in [-0.4, -0.2) is 16.7 Å². The molecule has 17 heavy (non-hydrogen) atoms. The Balaban J connectivity index is 1.51. The quantitative estimate of drug-likeness (QED) is 0.868. The molecule has 4 heteroatoms. The van der Waals surface area contributed by atoms with E-state index in [0.29, 0.717) is 6.04 Å². The lowest BCUT2D eigenvalue weighted by atomic mass is 9.94. The summed E-state index contributed by atoms with van der Waals surface area (Å²) in [4.78, 5) is 4.59. The Labute approximate surface area is 101 Å². The summed E-state index contributed by atoms with van der Waals surface area (Å²) in [5, 5.41) is 7.69. The normalized spacial score (nSPS) is 36.4. The molecule has 2 aliphatic carbocycles. The molecule has 3 unspecified atom stereocenters. The Morgan fingerprint density at radius 3 is 3.06 bits per heavy atom. The van der Waals surface area contributed by atoms with Gasteiger partial charge in [-0.2, -0.15) is 4.98 Å². The molecule has 4 rings (SSSR count). The Morgan fingerprint density at radius 1 is 1.24 bits per heavy atom. The van der Waals surface area contributed by atoms with Crippen molar-refractivity contribution in [1.29, 1.82) is 0 Å². The first-order valence-electron chi connectivity index (χ1n) is 6.96. The van der Waals surface area contributed by atoms with Crippen LogP contribution in [0.25, 0.3) is 0 Å². The zero-order valence-corrected chi connectivity index (χ0v) is 10.1. The highest BCUT2D eigenvalue weighted by atomic mass is 16.5. The van der Waals surface area contributed by atoms with Crippen molar-refractivity contribution in [3.8, 4) is 0 Å². The van der Waals surface area contributed by atoms with Gasteiger partial charge in [0.1, 0.15) is 0 Å². The maximum Gasteiger partial charge on any atom is 0.244 e. The standard InChI is InChI=1S/C13H19N3O/c1-2-9-7-14-12(10(9)3-1)13-15-11(16-17-13)6-8-4-5-8/h8-10,12,14H,1-7H2. The molecule has 0 aromatic carbocycles. The van der Waals surface area contributed by atoms with Crippen LogP contribution < -0.4 is 5.32 Å². The average molecular weight is 233 g/mol. The summed E-state index contributed by atoms with van der Waals surface area (Å²) in [6.45, 7) is 1.13. The fourth-order valence-corrected chi connectivity index (χ4v) is 3.51. The van der Waals surface area contributed by atoms with Crippen molar-refractivity contribution in [1.82, 2.24) is 15.5 Å². The summed E-state index contributed by atoms with van der Waals surface area (Å²) in [6.07, 6.45) is 7.77. The number of aromatic nitrogens is 2. The van der Waals surface area contributed by atoms with Crippen LogP contribution in [0.2, 0.25) is 0 Å². The van der Waals surface area contributed by atoms with Crippen LogP contribution in [0.5, 0.6) is 0 Å². The highest BCUT2D eigenvalue weighted by Crippen LogP contribution is 2.44. The molecule has 2 saturated carbocycles. The molecule has 0 spiro atoms. The van der Waals surface area contributed by atoms with Crippen molar-refractivity contribution >= 4 is 0 Å². The van der Waals surface area contributed by atoms with Gasteiger partial charge in [0.2, 0.25) is 5.89 Å². The van der Waals surface area contributed by atoms with E-state index in [1.165, 1.54) is 32.1 Å². The van der Waals surface area contributed by atoms with Crippen LogP contribution >= 0.6 is 0 Å². The summed E-state index contributed by atoms with van der Waals surface area (Å²) < 4.78 is 5.46. The van der Waals surface area contributed by atoms with Crippen LogP contribution in [0.4, 0.5) is 0 Å². The van der Waals surface area contributed by atoms with Crippen molar-refractivity contribution < 1.29 is 4.52 Å². The van der Waals surface area contributed by atoms with Crippen LogP contribution in [0.3, 0.4) is 0 Å². The minimum atomic E-state index is 0.336. The molecule has 1 aromatic rings. The Bertz CT molecular complexity index is 413. The molecular weight excluding hydrogens is 214 g/mol. The van der Waals surface area contributed by atoms with E-state index in [2.05, 4.69) is 15.5 Å². The zero-order valence-electron chi connectivity index (χ0n) is 10.1. The largest absolute Gasteiger partial charge is 0.338 e. The first-order valence-corrected chi connectivity index (χ1v) is 6.96. The molecule has 1 aliphatic heterocycles. The second-order valence-electron chi connectivity index (χ2n) is 5.94. The maximum absolute atomic E-state index is 5.46. The summed E-state index contributed by atoms with van der Waals surface area (Å²) in [5.41, 5.74) is 0. The molecule has 2 heterocycles. The SMILES string of the molecule is C1CC2CNC(c3nc(CC4CC4)no3)C2C1. The van der Waals surface area contributed by atoms with E-state index in [4.69, 9.17) is 4.52 Å². The van der Waals surface area contributed by atoms with Gasteiger partial charge < -0.3 is 9.84 Å². The van der Waals surface area contributed by atoms with E-state index in [1.807, 2.05) is 0 Å². The Morgan fingerprint density at radius 2 is 2.18 bits per heavy atom. The highest BCUT2D eigenvalue weighted by Gasteiger charge is 2.42. The average Bonchev–Trinajstić information content (AvgIpc) is 2.77. The lowest BCUT2D eigenvalue weighted by Crippen LogP contribution is -2.18. The minimum absolute atomic E-state index is 0.336. The fourth-order valence-electron chi connectivity index (χ4n) is 3.51. The molecule has 3 aliphatic rings. The highest BCUT2D eigenvalue weighted by molar-refractivity contribution is 5.04. The van der Waals surface area contributed by atoms with Gasteiger partial charge in [0, 0.05) is 6.42 Å². The smallest absolute Gasteiger partial charge is 0.244 e. The van der Waals surface area contributed by atoms with E-state index in [9.17, 15) is 0 Å². The van der Waals surface area contributed by atoms with E-state index in [-0.39, 0.29) is 0 Å². The third kappa shape index (κ3) is 1.79. The van der Waals surface area contributed by atoms with E-state index in [1.54, 1.807) is 0 Å². The Kier molecular flexibility index (Phi) is 2.25. The van der Waals surface area contributed by atoms with Crippen LogP contribution in [0.1, 0.15) is 49.9 Å². The molecule has 3 fully saturated rings. The van der Waals surface area contributed by atoms with Crippen molar-refractivity contribution in [3.63, 3.8) is 0 Å². The summed E-state index contributed by atoms with van der Waals surface area (Å²) >= 11 is 0. The van der Waals surface area contributed by atoms with Gasteiger partial charge in [0.05, 0.1) is 6.04 Å². The van der Waals surface area contributed by atoms with Gasteiger partial charge in [-0.25, -0.2) is 0 Å². The van der Waals surface area contributed by atoms with Crippen molar-refractivity contribution in [2.75, 3.05) is 6.54 Å². The zero-order chi connectivity index (χ0) is 11.2. The van der Waals surface area contributed by atoms with Gasteiger partial charge in [0.25, 0.3) is 0 Å². The summed E-state index contributed by atoms with van der Waals surface area (Å²) in [5.74, 6) is 4.18. The molecule has 3 atom stereocenters. The van der Waals surface area contributed by atoms with Crippen molar-refractivity contribution in [2.45, 2.75) is 44.6 Å². The van der Waals surface area contributed by atoms with Gasteiger partial charge in [-0.15, -0.1) is 0 Å². The molecule has 4 nitrogen and oxygen atoms in total. The van der Waals surface area contributed by atoms with Crippen molar-refractivity contribution in [2.24, 2.45) is 17.8 Å². The van der Waals surface area contributed by atoms with Crippen LogP contribution in [0, 0.1) is 17.8 Å². The van der Waals surface area contributed by atoms with E-state index in [0.717, 1.165) is 42.4 Å². The molecule has 1 aromatic heterocycles. The molecule has 0 bridgehead atoms. The predicted molar refractivity (Wildman–Crippen MR) is 62.3 cm³/mol. The second-order valence-corrected chi connectivity index (χ2v) is 5.94. The lowest BCUT2D eigenvalue weighted by molar-refractivity contribution is 0.300. The minimum Gasteiger partial charge on any atom is -0.338 e. The maximum atomic E-state index is 5.46. The van der Waals surface area contributed by atoms with Crippen molar-refractivity contribution in [3.05, 3.63) is 11.7 Å².